The summed E-state index contributed by atoms with van der Waals surface area (Å²) in [4.78, 5) is 13.2. The van der Waals surface area contributed by atoms with E-state index in [9.17, 15) is 26.4 Å². The highest BCUT2D eigenvalue weighted by Crippen LogP contribution is 2.51. The van der Waals surface area contributed by atoms with Crippen molar-refractivity contribution in [3.63, 3.8) is 0 Å². The summed E-state index contributed by atoms with van der Waals surface area (Å²) >= 11 is 0. The normalized spacial score (nSPS) is 16.2. The Kier molecular flexibility index (Phi) is 5.41. The van der Waals surface area contributed by atoms with Gasteiger partial charge in [0.1, 0.15) is 5.78 Å². The van der Waals surface area contributed by atoms with Gasteiger partial charge in [-0.05, 0) is 71.5 Å². The molecule has 0 bridgehead atoms. The highest BCUT2D eigenvalue weighted by Gasteiger charge is 2.51. The van der Waals surface area contributed by atoms with Crippen LogP contribution < -0.4 is 14.6 Å². The van der Waals surface area contributed by atoms with Crippen LogP contribution in [0.4, 0.5) is 13.2 Å². The van der Waals surface area contributed by atoms with E-state index < -0.39 is 27.2 Å². The van der Waals surface area contributed by atoms with Gasteiger partial charge in [0.05, 0.1) is 15.9 Å². The molecule has 1 aliphatic carbocycles. The SMILES string of the molecule is NS(=O)(=O)c1ccc(-c2cc(CC(=O)C3(c4ccc5c(c4)OCO5)CC3)cc(C(F)(F)F)c2)cc1. The molecule has 1 saturated carbocycles. The third kappa shape index (κ3) is 4.51. The van der Waals surface area contributed by atoms with Crippen LogP contribution in [0.5, 0.6) is 11.5 Å². The molecule has 6 nitrogen and oxygen atoms in total. The molecule has 1 fully saturated rings. The molecule has 0 saturated heterocycles. The van der Waals surface area contributed by atoms with Gasteiger partial charge in [-0.25, -0.2) is 13.6 Å². The number of carbonyl (C=O) groups excluding carboxylic acids is 1. The fourth-order valence-electron chi connectivity index (χ4n) is 4.36. The Hall–Kier alpha value is -3.37. The number of Topliss-reactive ketones (excluding diaryl/α,β-unsaturated/α-hetero) is 1. The van der Waals surface area contributed by atoms with Crippen LogP contribution in [0.25, 0.3) is 11.1 Å². The van der Waals surface area contributed by atoms with Gasteiger partial charge < -0.3 is 9.47 Å². The zero-order valence-corrected chi connectivity index (χ0v) is 19.1. The summed E-state index contributed by atoms with van der Waals surface area (Å²) in [6.45, 7) is 0.102. The van der Waals surface area contributed by atoms with Crippen molar-refractivity contribution >= 4 is 15.8 Å². The maximum absolute atomic E-state index is 13.7. The molecular formula is C25H20F3NO5S. The molecule has 0 unspecified atom stereocenters. The minimum Gasteiger partial charge on any atom is -0.454 e. The van der Waals surface area contributed by atoms with Gasteiger partial charge in [0, 0.05) is 6.42 Å². The summed E-state index contributed by atoms with van der Waals surface area (Å²) in [5.74, 6) is 0.963. The summed E-state index contributed by atoms with van der Waals surface area (Å²) < 4.78 is 74.7. The van der Waals surface area contributed by atoms with Crippen LogP contribution in [0.15, 0.2) is 65.6 Å². The van der Waals surface area contributed by atoms with Crippen LogP contribution in [0.2, 0.25) is 0 Å². The minimum absolute atomic E-state index is 0.102. The number of hydrogen-bond acceptors (Lipinski definition) is 5. The predicted molar refractivity (Wildman–Crippen MR) is 120 cm³/mol. The number of sulfonamides is 1. The van der Waals surface area contributed by atoms with Gasteiger partial charge in [0.15, 0.2) is 11.5 Å². The minimum atomic E-state index is -4.62. The van der Waals surface area contributed by atoms with E-state index in [1.165, 1.54) is 30.3 Å². The molecule has 182 valence electrons. The number of hydrogen-bond donors (Lipinski definition) is 1. The number of halogens is 3. The smallest absolute Gasteiger partial charge is 0.416 e. The van der Waals surface area contributed by atoms with Crippen molar-refractivity contribution in [3.05, 3.63) is 77.4 Å². The molecule has 0 atom stereocenters. The molecule has 0 radical (unpaired) electrons. The average molecular weight is 503 g/mol. The lowest BCUT2D eigenvalue weighted by molar-refractivity contribution is -0.137. The van der Waals surface area contributed by atoms with Crippen molar-refractivity contribution in [2.75, 3.05) is 6.79 Å². The number of ketones is 1. The summed E-state index contributed by atoms with van der Waals surface area (Å²) in [5, 5.41) is 5.10. The Balaban J connectivity index is 1.47. The molecule has 1 heterocycles. The Morgan fingerprint density at radius 2 is 1.60 bits per heavy atom. The van der Waals surface area contributed by atoms with Crippen molar-refractivity contribution in [2.24, 2.45) is 5.14 Å². The van der Waals surface area contributed by atoms with Crippen molar-refractivity contribution in [3.8, 4) is 22.6 Å². The Morgan fingerprint density at radius 3 is 2.23 bits per heavy atom. The maximum atomic E-state index is 13.7. The number of carbonyl (C=O) groups is 1. The topological polar surface area (TPSA) is 95.7 Å². The van der Waals surface area contributed by atoms with E-state index in [0.717, 1.165) is 17.7 Å². The first-order valence-electron chi connectivity index (χ1n) is 10.7. The lowest BCUT2D eigenvalue weighted by Gasteiger charge is -2.17. The molecule has 0 spiro atoms. The van der Waals surface area contributed by atoms with E-state index in [-0.39, 0.29) is 35.0 Å². The number of alkyl halides is 3. The maximum Gasteiger partial charge on any atom is 0.416 e. The van der Waals surface area contributed by atoms with Crippen LogP contribution in [0.1, 0.15) is 29.5 Å². The predicted octanol–water partition coefficient (Wildman–Crippen LogP) is 4.59. The molecule has 0 aromatic heterocycles. The molecule has 3 aromatic rings. The van der Waals surface area contributed by atoms with Gasteiger partial charge in [0.2, 0.25) is 16.8 Å². The lowest BCUT2D eigenvalue weighted by atomic mass is 9.87. The Morgan fingerprint density at radius 1 is 0.914 bits per heavy atom. The number of fused-ring (bicyclic) bond motifs is 1. The van der Waals surface area contributed by atoms with Gasteiger partial charge in [0.25, 0.3) is 0 Å². The van der Waals surface area contributed by atoms with Gasteiger partial charge in [-0.3, -0.25) is 4.79 Å². The number of nitrogens with two attached hydrogens (primary N) is 1. The molecule has 2 N–H and O–H groups in total. The van der Waals surface area contributed by atoms with Crippen LogP contribution in [0, 0.1) is 0 Å². The van der Waals surface area contributed by atoms with E-state index in [0.29, 0.717) is 29.9 Å². The van der Waals surface area contributed by atoms with Crippen molar-refractivity contribution < 1.29 is 35.9 Å². The number of benzene rings is 3. The zero-order chi connectivity index (χ0) is 25.0. The molecular weight excluding hydrogens is 483 g/mol. The van der Waals surface area contributed by atoms with Gasteiger partial charge in [-0.1, -0.05) is 24.3 Å². The van der Waals surface area contributed by atoms with Crippen LogP contribution >= 0.6 is 0 Å². The van der Waals surface area contributed by atoms with Crippen LogP contribution in [0.3, 0.4) is 0 Å². The summed E-state index contributed by atoms with van der Waals surface area (Å²) in [6.07, 6.45) is -3.60. The third-order valence-electron chi connectivity index (χ3n) is 6.41. The molecule has 2 aliphatic rings. The molecule has 1 aliphatic heterocycles. The second-order valence-electron chi connectivity index (χ2n) is 8.74. The van der Waals surface area contributed by atoms with E-state index in [1.807, 2.05) is 0 Å². The van der Waals surface area contributed by atoms with Gasteiger partial charge in [-0.15, -0.1) is 0 Å². The summed E-state index contributed by atoms with van der Waals surface area (Å²) in [6, 6.07) is 14.0. The van der Waals surface area contributed by atoms with Crippen molar-refractivity contribution in [1.82, 2.24) is 0 Å². The summed E-state index contributed by atoms with van der Waals surface area (Å²) in [5.41, 5.74) is -0.0706. The standard InChI is InChI=1S/C25H20F3NO5S/c26-25(27,28)19-10-15(9-17(12-19)16-1-4-20(5-2-16)35(29,31)32)11-23(30)24(7-8-24)18-3-6-21-22(13-18)34-14-33-21/h1-6,9-10,12-13H,7-8,11,14H2,(H2,29,31,32). The number of rotatable bonds is 6. The third-order valence-corrected chi connectivity index (χ3v) is 7.34. The number of primary sulfonamides is 1. The van der Waals surface area contributed by atoms with Crippen molar-refractivity contribution in [2.45, 2.75) is 35.7 Å². The first kappa shape index (κ1) is 23.4. The van der Waals surface area contributed by atoms with Crippen LogP contribution in [-0.4, -0.2) is 21.0 Å². The summed E-state index contributed by atoms with van der Waals surface area (Å²) in [7, 11) is -3.94. The van der Waals surface area contributed by atoms with E-state index in [4.69, 9.17) is 14.6 Å². The van der Waals surface area contributed by atoms with Crippen LogP contribution in [-0.2, 0) is 32.8 Å². The van der Waals surface area contributed by atoms with Gasteiger partial charge >= 0.3 is 6.18 Å². The fourth-order valence-corrected chi connectivity index (χ4v) is 4.88. The molecule has 35 heavy (non-hydrogen) atoms. The Bertz CT molecular complexity index is 1430. The zero-order valence-electron chi connectivity index (χ0n) is 18.3. The first-order valence-corrected chi connectivity index (χ1v) is 12.3. The largest absolute Gasteiger partial charge is 0.454 e. The first-order chi connectivity index (χ1) is 16.5. The second-order valence-corrected chi connectivity index (χ2v) is 10.3. The highest BCUT2D eigenvalue weighted by molar-refractivity contribution is 7.89. The molecule has 10 heteroatoms. The second kappa shape index (κ2) is 8.10. The Labute approximate surface area is 199 Å². The monoisotopic (exact) mass is 503 g/mol. The number of ether oxygens (including phenoxy) is 2. The quantitative estimate of drug-likeness (QED) is 0.531. The fraction of sp³-hybridized carbons (Fsp3) is 0.240. The van der Waals surface area contributed by atoms with Crippen molar-refractivity contribution in [1.29, 1.82) is 0 Å². The molecule has 0 amide bonds. The van der Waals surface area contributed by atoms with E-state index in [2.05, 4.69) is 0 Å². The molecule has 3 aromatic carbocycles. The van der Waals surface area contributed by atoms with Gasteiger partial charge in [-0.2, -0.15) is 13.2 Å². The van der Waals surface area contributed by atoms with E-state index in [1.54, 1.807) is 18.2 Å². The molecule has 5 rings (SSSR count). The van der Waals surface area contributed by atoms with E-state index >= 15 is 0 Å². The average Bonchev–Trinajstić information content (AvgIpc) is 3.49. The lowest BCUT2D eigenvalue weighted by Crippen LogP contribution is -2.22. The highest BCUT2D eigenvalue weighted by atomic mass is 32.2.